The van der Waals surface area contributed by atoms with E-state index < -0.39 is 18.0 Å². The van der Waals surface area contributed by atoms with Gasteiger partial charge in [-0.3, -0.25) is 4.68 Å². The van der Waals surface area contributed by atoms with Gasteiger partial charge >= 0.3 is 12.0 Å². The van der Waals surface area contributed by atoms with Gasteiger partial charge < -0.3 is 15.7 Å². The zero-order chi connectivity index (χ0) is 14.4. The summed E-state index contributed by atoms with van der Waals surface area (Å²) in [5.41, 5.74) is 0.535. The topological polar surface area (TPSA) is 96.2 Å². The van der Waals surface area contributed by atoms with E-state index in [9.17, 15) is 9.59 Å². The fraction of sp³-hybridized carbons (Fsp3) is 0.583. The monoisotopic (exact) mass is 268 g/mol. The molecule has 106 valence electrons. The quantitative estimate of drug-likeness (QED) is 0.728. The van der Waals surface area contributed by atoms with Gasteiger partial charge in [0.15, 0.2) is 0 Å². The van der Waals surface area contributed by atoms with Crippen LogP contribution in [0, 0.1) is 5.92 Å². The normalized spacial score (nSPS) is 12.2. The van der Waals surface area contributed by atoms with Crippen LogP contribution < -0.4 is 10.6 Å². The van der Waals surface area contributed by atoms with Crippen LogP contribution in [0.5, 0.6) is 0 Å². The highest BCUT2D eigenvalue weighted by molar-refractivity contribution is 5.91. The number of rotatable bonds is 6. The zero-order valence-electron chi connectivity index (χ0n) is 11.4. The highest BCUT2D eigenvalue weighted by Gasteiger charge is 2.21. The molecule has 0 aliphatic rings. The Labute approximate surface area is 112 Å². The van der Waals surface area contributed by atoms with E-state index >= 15 is 0 Å². The fourth-order valence-electron chi connectivity index (χ4n) is 1.62. The first-order chi connectivity index (χ1) is 8.92. The lowest BCUT2D eigenvalue weighted by Gasteiger charge is -2.16. The van der Waals surface area contributed by atoms with E-state index in [-0.39, 0.29) is 5.92 Å². The molecule has 7 nitrogen and oxygen atoms in total. The third-order valence-corrected chi connectivity index (χ3v) is 2.53. The lowest BCUT2D eigenvalue weighted by Crippen LogP contribution is -2.43. The minimum Gasteiger partial charge on any atom is -0.480 e. The number of nitrogens with one attached hydrogen (secondary N) is 2. The summed E-state index contributed by atoms with van der Waals surface area (Å²) in [5.74, 6) is -0.850. The SMILES string of the molecule is CCn1cc(NC(=O)N[C@H](CC(C)C)C(=O)O)cn1. The molecule has 1 aromatic rings. The van der Waals surface area contributed by atoms with Crippen LogP contribution in [0.2, 0.25) is 0 Å². The summed E-state index contributed by atoms with van der Waals surface area (Å²) < 4.78 is 1.67. The predicted molar refractivity (Wildman–Crippen MR) is 70.9 cm³/mol. The van der Waals surface area contributed by atoms with Crippen molar-refractivity contribution in [1.82, 2.24) is 15.1 Å². The van der Waals surface area contributed by atoms with Crippen molar-refractivity contribution >= 4 is 17.7 Å². The van der Waals surface area contributed by atoms with Crippen LogP contribution in [-0.4, -0.2) is 32.9 Å². The molecule has 0 aliphatic heterocycles. The fourth-order valence-corrected chi connectivity index (χ4v) is 1.62. The number of aliphatic carboxylic acids is 1. The van der Waals surface area contributed by atoms with Crippen LogP contribution >= 0.6 is 0 Å². The van der Waals surface area contributed by atoms with E-state index in [0.717, 1.165) is 0 Å². The van der Waals surface area contributed by atoms with Crippen molar-refractivity contribution in [3.63, 3.8) is 0 Å². The average molecular weight is 268 g/mol. The number of hydrogen-bond donors (Lipinski definition) is 3. The molecule has 1 atom stereocenters. The first-order valence-electron chi connectivity index (χ1n) is 6.25. The van der Waals surface area contributed by atoms with Crippen LogP contribution in [0.1, 0.15) is 27.2 Å². The van der Waals surface area contributed by atoms with Gasteiger partial charge in [-0.05, 0) is 19.3 Å². The largest absolute Gasteiger partial charge is 0.480 e. The first-order valence-corrected chi connectivity index (χ1v) is 6.25. The molecule has 0 radical (unpaired) electrons. The van der Waals surface area contributed by atoms with Crippen molar-refractivity contribution in [2.24, 2.45) is 5.92 Å². The van der Waals surface area contributed by atoms with Crippen molar-refractivity contribution in [2.75, 3.05) is 5.32 Å². The molecule has 19 heavy (non-hydrogen) atoms. The molecular weight excluding hydrogens is 248 g/mol. The van der Waals surface area contributed by atoms with Crippen molar-refractivity contribution in [2.45, 2.75) is 39.8 Å². The second-order valence-electron chi connectivity index (χ2n) is 4.70. The lowest BCUT2D eigenvalue weighted by atomic mass is 10.0. The number of nitrogens with zero attached hydrogens (tertiary/aromatic N) is 2. The van der Waals surface area contributed by atoms with Gasteiger partial charge in [0.25, 0.3) is 0 Å². The Morgan fingerprint density at radius 2 is 2.16 bits per heavy atom. The molecule has 0 spiro atoms. The van der Waals surface area contributed by atoms with E-state index in [1.165, 1.54) is 6.20 Å². The maximum Gasteiger partial charge on any atom is 0.326 e. The number of carboxylic acid groups (broad SMARTS) is 1. The van der Waals surface area contributed by atoms with Gasteiger partial charge in [-0.25, -0.2) is 9.59 Å². The number of anilines is 1. The Bertz CT molecular complexity index is 442. The second-order valence-corrected chi connectivity index (χ2v) is 4.70. The number of amides is 2. The van der Waals surface area contributed by atoms with Crippen LogP contribution in [0.4, 0.5) is 10.5 Å². The zero-order valence-corrected chi connectivity index (χ0v) is 11.4. The predicted octanol–water partition coefficient (Wildman–Crippen LogP) is 1.52. The van der Waals surface area contributed by atoms with Gasteiger partial charge in [0.1, 0.15) is 6.04 Å². The Kier molecular flexibility index (Phi) is 5.35. The summed E-state index contributed by atoms with van der Waals surface area (Å²) in [7, 11) is 0. The molecule has 0 aliphatic carbocycles. The molecule has 1 aromatic heterocycles. The summed E-state index contributed by atoms with van der Waals surface area (Å²) in [6.45, 7) is 6.44. The molecule has 1 heterocycles. The molecule has 1 rings (SSSR count). The number of hydrogen-bond acceptors (Lipinski definition) is 3. The smallest absolute Gasteiger partial charge is 0.326 e. The third-order valence-electron chi connectivity index (χ3n) is 2.53. The summed E-state index contributed by atoms with van der Waals surface area (Å²) >= 11 is 0. The summed E-state index contributed by atoms with van der Waals surface area (Å²) in [6.07, 6.45) is 3.58. The molecule has 0 aromatic carbocycles. The van der Waals surface area contributed by atoms with Gasteiger partial charge in [0.05, 0.1) is 11.9 Å². The van der Waals surface area contributed by atoms with E-state index in [1.54, 1.807) is 10.9 Å². The van der Waals surface area contributed by atoms with Crippen molar-refractivity contribution in [3.05, 3.63) is 12.4 Å². The molecule has 2 amide bonds. The number of carbonyl (C=O) groups is 2. The third kappa shape index (κ3) is 4.99. The Morgan fingerprint density at radius 3 is 2.63 bits per heavy atom. The van der Waals surface area contributed by atoms with Gasteiger partial charge in [-0.2, -0.15) is 5.10 Å². The first kappa shape index (κ1) is 15.0. The van der Waals surface area contributed by atoms with Gasteiger partial charge in [-0.15, -0.1) is 0 Å². The minimum absolute atomic E-state index is 0.184. The molecular formula is C12H20N4O3. The van der Waals surface area contributed by atoms with Crippen LogP contribution in [-0.2, 0) is 11.3 Å². The molecule has 0 unspecified atom stereocenters. The minimum atomic E-state index is -1.03. The Hall–Kier alpha value is -2.05. The van der Waals surface area contributed by atoms with Crippen LogP contribution in [0.3, 0.4) is 0 Å². The number of urea groups is 1. The highest BCUT2D eigenvalue weighted by Crippen LogP contribution is 2.07. The van der Waals surface area contributed by atoms with Crippen molar-refractivity contribution in [3.8, 4) is 0 Å². The molecule has 0 bridgehead atoms. The Balaban J connectivity index is 2.54. The van der Waals surface area contributed by atoms with E-state index in [4.69, 9.17) is 5.11 Å². The van der Waals surface area contributed by atoms with Crippen molar-refractivity contribution < 1.29 is 14.7 Å². The summed E-state index contributed by atoms with van der Waals surface area (Å²) in [5, 5.41) is 18.0. The lowest BCUT2D eigenvalue weighted by molar-refractivity contribution is -0.139. The standard InChI is InChI=1S/C12H20N4O3/c1-4-16-7-9(6-13-16)14-12(19)15-10(11(17)18)5-8(2)3/h6-8,10H,4-5H2,1-3H3,(H,17,18)(H2,14,15,19)/t10-/m1/s1. The molecule has 3 N–H and O–H groups in total. The molecule has 0 fully saturated rings. The summed E-state index contributed by atoms with van der Waals surface area (Å²) in [6, 6.07) is -1.43. The number of aryl methyl sites for hydroxylation is 1. The maximum absolute atomic E-state index is 11.7. The number of aromatic nitrogens is 2. The highest BCUT2D eigenvalue weighted by atomic mass is 16.4. The van der Waals surface area contributed by atoms with E-state index in [1.807, 2.05) is 20.8 Å². The Morgan fingerprint density at radius 1 is 1.47 bits per heavy atom. The summed E-state index contributed by atoms with van der Waals surface area (Å²) in [4.78, 5) is 22.7. The number of carboxylic acids is 1. The molecule has 0 saturated heterocycles. The van der Waals surface area contributed by atoms with E-state index in [0.29, 0.717) is 18.7 Å². The van der Waals surface area contributed by atoms with Gasteiger partial charge in [0, 0.05) is 12.7 Å². The number of carbonyl (C=O) groups excluding carboxylic acids is 1. The molecule has 0 saturated carbocycles. The van der Waals surface area contributed by atoms with Crippen LogP contribution in [0.25, 0.3) is 0 Å². The molecule has 7 heteroatoms. The van der Waals surface area contributed by atoms with E-state index in [2.05, 4.69) is 15.7 Å². The van der Waals surface area contributed by atoms with Gasteiger partial charge in [0.2, 0.25) is 0 Å². The van der Waals surface area contributed by atoms with Crippen molar-refractivity contribution in [1.29, 1.82) is 0 Å². The second kappa shape index (κ2) is 6.77. The average Bonchev–Trinajstić information content (AvgIpc) is 2.75. The maximum atomic E-state index is 11.7. The van der Waals surface area contributed by atoms with Gasteiger partial charge in [-0.1, -0.05) is 13.8 Å². The van der Waals surface area contributed by atoms with Crippen LogP contribution in [0.15, 0.2) is 12.4 Å².